The number of carbonyl (C=O) groups is 1. The molecule has 0 aliphatic rings. The molecule has 8 heteroatoms. The summed E-state index contributed by atoms with van der Waals surface area (Å²) in [5.41, 5.74) is 0. The number of hydrogen-bond donors (Lipinski definition) is 1. The molecule has 0 bridgehead atoms. The predicted octanol–water partition coefficient (Wildman–Crippen LogP) is 2.80. The summed E-state index contributed by atoms with van der Waals surface area (Å²) in [4.78, 5) is 11.6. The quantitative estimate of drug-likeness (QED) is 0.622. The Labute approximate surface area is 125 Å². The monoisotopic (exact) mass is 402 g/mol. The van der Waals surface area contributed by atoms with Gasteiger partial charge in [-0.25, -0.2) is 13.2 Å². The minimum atomic E-state index is -3.84. The zero-order chi connectivity index (χ0) is 13.8. The molecule has 2 amide bonds. The number of sulfonamides is 1. The molecule has 5 nitrogen and oxygen atoms in total. The maximum absolute atomic E-state index is 12.1. The lowest BCUT2D eigenvalue weighted by Crippen LogP contribution is -2.37. The van der Waals surface area contributed by atoms with E-state index in [1.54, 1.807) is 0 Å². The van der Waals surface area contributed by atoms with E-state index in [1.807, 2.05) is 6.92 Å². The summed E-state index contributed by atoms with van der Waals surface area (Å²) in [6, 6.07) is 4.98. The van der Waals surface area contributed by atoms with Crippen LogP contribution in [0.4, 0.5) is 4.79 Å². The second-order valence-electron chi connectivity index (χ2n) is 3.41. The van der Waals surface area contributed by atoms with E-state index in [-0.39, 0.29) is 4.90 Å². The van der Waals surface area contributed by atoms with E-state index in [0.717, 1.165) is 6.42 Å². The first-order valence-electron chi connectivity index (χ1n) is 5.14. The van der Waals surface area contributed by atoms with Crippen molar-refractivity contribution in [2.24, 2.45) is 0 Å². The van der Waals surface area contributed by atoms with Crippen LogP contribution in [0.15, 0.2) is 29.2 Å². The molecule has 0 heterocycles. The van der Waals surface area contributed by atoms with Crippen LogP contribution in [0.25, 0.3) is 0 Å². The maximum atomic E-state index is 12.1. The lowest BCUT2D eigenvalue weighted by molar-refractivity contribution is 0.239. The molecule has 1 aromatic carbocycles. The number of hydrogen-bond acceptors (Lipinski definition) is 3. The fourth-order valence-electron chi connectivity index (χ4n) is 1.10. The van der Waals surface area contributed by atoms with Gasteiger partial charge in [0.2, 0.25) is 0 Å². The lowest BCUT2D eigenvalue weighted by atomic mass is 10.4. The normalized spacial score (nSPS) is 11.1. The largest absolute Gasteiger partial charge is 0.340 e. The molecule has 1 rings (SSSR count). The Hall–Kier alpha value is -0.540. The molecule has 0 aliphatic heterocycles. The first kappa shape index (κ1) is 15.5. The molecule has 1 N–H and O–H groups in total. The number of benzene rings is 1. The van der Waals surface area contributed by atoms with Crippen molar-refractivity contribution in [1.29, 1.82) is 0 Å². The molecule has 0 saturated heterocycles. The van der Waals surface area contributed by atoms with Gasteiger partial charge in [0.05, 0.1) is 27.8 Å². The Kier molecular flexibility index (Phi) is 5.67. The molecule has 0 unspecified atom stereocenters. The smallest absolute Gasteiger partial charge is 0.337 e. The third-order valence-corrected chi connectivity index (χ3v) is 5.71. The highest BCUT2D eigenvalue weighted by atomic mass is 127. The van der Waals surface area contributed by atoms with Gasteiger partial charge in [-0.2, -0.15) is 2.52 Å². The van der Waals surface area contributed by atoms with Crippen molar-refractivity contribution in [1.82, 2.24) is 7.84 Å². The molecular weight excluding hydrogens is 391 g/mol. The SMILES string of the molecule is CCCNC(=O)N(I)S(=O)(=O)c1ccc(Cl)cc1. The Morgan fingerprint density at radius 1 is 1.39 bits per heavy atom. The van der Waals surface area contributed by atoms with Gasteiger partial charge in [-0.05, 0) is 30.7 Å². The van der Waals surface area contributed by atoms with Crippen molar-refractivity contribution in [3.8, 4) is 0 Å². The number of nitrogens with zero attached hydrogens (tertiary/aromatic N) is 1. The van der Waals surface area contributed by atoms with E-state index < -0.39 is 16.1 Å². The molecule has 0 atom stereocenters. The van der Waals surface area contributed by atoms with Crippen molar-refractivity contribution >= 4 is 50.5 Å². The zero-order valence-corrected chi connectivity index (χ0v) is 13.3. The van der Waals surface area contributed by atoms with Crippen LogP contribution in [-0.2, 0) is 10.0 Å². The fourth-order valence-corrected chi connectivity index (χ4v) is 3.03. The minimum absolute atomic E-state index is 0.0212. The third-order valence-electron chi connectivity index (χ3n) is 2.01. The van der Waals surface area contributed by atoms with Crippen LogP contribution in [0.5, 0.6) is 0 Å². The van der Waals surface area contributed by atoms with E-state index in [4.69, 9.17) is 11.6 Å². The summed E-state index contributed by atoms with van der Waals surface area (Å²) in [5.74, 6) is 0. The number of amides is 2. The van der Waals surface area contributed by atoms with Crippen LogP contribution < -0.4 is 5.32 Å². The molecule has 0 radical (unpaired) electrons. The average molecular weight is 403 g/mol. The molecule has 0 aliphatic carbocycles. The molecule has 0 saturated carbocycles. The highest BCUT2D eigenvalue weighted by Crippen LogP contribution is 2.21. The lowest BCUT2D eigenvalue weighted by Gasteiger charge is -2.15. The van der Waals surface area contributed by atoms with Crippen LogP contribution in [0, 0.1) is 0 Å². The fraction of sp³-hybridized carbons (Fsp3) is 0.300. The summed E-state index contributed by atoms with van der Waals surface area (Å²) in [6.07, 6.45) is 0.733. The van der Waals surface area contributed by atoms with Gasteiger partial charge in [-0.1, -0.05) is 18.5 Å². The van der Waals surface area contributed by atoms with Gasteiger partial charge in [0.1, 0.15) is 0 Å². The topological polar surface area (TPSA) is 66.5 Å². The molecule has 100 valence electrons. The zero-order valence-electron chi connectivity index (χ0n) is 9.56. The number of halogens is 2. The Bertz CT molecular complexity index is 518. The minimum Gasteiger partial charge on any atom is -0.337 e. The third kappa shape index (κ3) is 3.72. The van der Waals surface area contributed by atoms with Gasteiger partial charge in [0.25, 0.3) is 10.0 Å². The second kappa shape index (κ2) is 6.58. The summed E-state index contributed by atoms with van der Waals surface area (Å²) in [7, 11) is -3.84. The molecule has 1 aromatic rings. The van der Waals surface area contributed by atoms with Gasteiger partial charge in [-0.15, -0.1) is 0 Å². The number of rotatable bonds is 4. The summed E-state index contributed by atoms with van der Waals surface area (Å²) >= 11 is 7.15. The highest BCUT2D eigenvalue weighted by Gasteiger charge is 2.26. The van der Waals surface area contributed by atoms with Crippen molar-refractivity contribution in [2.75, 3.05) is 6.54 Å². The second-order valence-corrected chi connectivity index (χ2v) is 7.25. The first-order valence-corrected chi connectivity index (χ1v) is 7.92. The van der Waals surface area contributed by atoms with Gasteiger partial charge in [0, 0.05) is 11.6 Å². The Morgan fingerprint density at radius 3 is 2.44 bits per heavy atom. The van der Waals surface area contributed by atoms with Gasteiger partial charge in [-0.3, -0.25) is 0 Å². The van der Waals surface area contributed by atoms with E-state index >= 15 is 0 Å². The molecule has 0 aromatic heterocycles. The number of carbonyl (C=O) groups excluding carboxylic acids is 1. The van der Waals surface area contributed by atoms with E-state index in [2.05, 4.69) is 5.32 Å². The van der Waals surface area contributed by atoms with Crippen molar-refractivity contribution < 1.29 is 13.2 Å². The van der Waals surface area contributed by atoms with Crippen LogP contribution in [-0.4, -0.2) is 23.5 Å². The summed E-state index contributed by atoms with van der Waals surface area (Å²) in [6.45, 7) is 2.31. The van der Waals surface area contributed by atoms with E-state index in [9.17, 15) is 13.2 Å². The van der Waals surface area contributed by atoms with Crippen molar-refractivity contribution in [2.45, 2.75) is 18.2 Å². The Morgan fingerprint density at radius 2 is 1.94 bits per heavy atom. The van der Waals surface area contributed by atoms with Crippen LogP contribution in [0.2, 0.25) is 5.02 Å². The van der Waals surface area contributed by atoms with E-state index in [0.29, 0.717) is 14.1 Å². The van der Waals surface area contributed by atoms with Crippen LogP contribution >= 0.6 is 34.5 Å². The average Bonchev–Trinajstić information content (AvgIpc) is 2.35. The van der Waals surface area contributed by atoms with Gasteiger partial charge in [0.15, 0.2) is 0 Å². The molecular formula is C10H12ClIN2O3S. The standard InChI is InChI=1S/C10H12ClIN2O3S/c1-2-7-13-10(15)14(12)18(16,17)9-5-3-8(11)4-6-9/h3-6H,2,7H2,1H3,(H,13,15). The first-order chi connectivity index (χ1) is 8.39. The van der Waals surface area contributed by atoms with Crippen molar-refractivity contribution in [3.63, 3.8) is 0 Å². The summed E-state index contributed by atoms with van der Waals surface area (Å²) in [5, 5.41) is 2.93. The van der Waals surface area contributed by atoms with Gasteiger partial charge < -0.3 is 5.32 Å². The van der Waals surface area contributed by atoms with Gasteiger partial charge >= 0.3 is 6.03 Å². The van der Waals surface area contributed by atoms with E-state index in [1.165, 1.54) is 47.1 Å². The predicted molar refractivity (Wildman–Crippen MR) is 78.2 cm³/mol. The van der Waals surface area contributed by atoms with Crippen LogP contribution in [0.1, 0.15) is 13.3 Å². The number of urea groups is 1. The van der Waals surface area contributed by atoms with Crippen molar-refractivity contribution in [3.05, 3.63) is 29.3 Å². The van der Waals surface area contributed by atoms with Crippen LogP contribution in [0.3, 0.4) is 0 Å². The Balaban J connectivity index is 2.92. The maximum Gasteiger partial charge on any atom is 0.340 e. The summed E-state index contributed by atoms with van der Waals surface area (Å²) < 4.78 is 24.8. The molecule has 0 fully saturated rings. The number of nitrogens with one attached hydrogen (secondary N) is 1. The molecule has 18 heavy (non-hydrogen) atoms. The highest BCUT2D eigenvalue weighted by molar-refractivity contribution is 14.1. The molecule has 0 spiro atoms.